The summed E-state index contributed by atoms with van der Waals surface area (Å²) >= 11 is 0. The molecule has 1 aromatic heterocycles. The smallest absolute Gasteiger partial charge is 0.377 e. The highest BCUT2D eigenvalue weighted by molar-refractivity contribution is 5.56. The lowest BCUT2D eigenvalue weighted by atomic mass is 9.57. The molecule has 2 aliphatic rings. The minimum absolute atomic E-state index is 0.00177. The van der Waals surface area contributed by atoms with Crippen molar-refractivity contribution in [2.75, 3.05) is 18.6 Å². The van der Waals surface area contributed by atoms with E-state index in [9.17, 15) is 18.4 Å². The number of nitrogens with zero attached hydrogens (tertiary/aromatic N) is 3. The molecule has 1 aliphatic carbocycles. The van der Waals surface area contributed by atoms with Crippen LogP contribution in [0.1, 0.15) is 31.5 Å². The fourth-order valence-electron chi connectivity index (χ4n) is 4.18. The zero-order valence-electron chi connectivity index (χ0n) is 13.2. The molecule has 3 atom stereocenters. The molecule has 7 heteroatoms. The molecule has 0 amide bonds. The van der Waals surface area contributed by atoms with Gasteiger partial charge >= 0.3 is 6.18 Å². The molecule has 0 radical (unpaired) electrons. The molecule has 1 aliphatic heterocycles. The van der Waals surface area contributed by atoms with Gasteiger partial charge in [0.05, 0.1) is 11.7 Å². The molecule has 0 aromatic carbocycles. The monoisotopic (exact) mass is 325 g/mol. The normalized spacial score (nSPS) is 28.7. The van der Waals surface area contributed by atoms with Crippen LogP contribution in [0.15, 0.2) is 12.1 Å². The van der Waals surface area contributed by atoms with E-state index in [0.29, 0.717) is 6.61 Å². The SMILES string of the molecule is CN(c1nc(C(F)(F)F)ccc1C#N)[C@@H]1[C@@H]2CCO[C@H]2C1(C)C. The van der Waals surface area contributed by atoms with Crippen LogP contribution < -0.4 is 4.90 Å². The fraction of sp³-hybridized carbons (Fsp3) is 0.625. The van der Waals surface area contributed by atoms with E-state index in [-0.39, 0.29) is 34.9 Å². The van der Waals surface area contributed by atoms with Crippen LogP contribution in [0.4, 0.5) is 19.0 Å². The number of hydrogen-bond acceptors (Lipinski definition) is 4. The molecule has 0 bridgehead atoms. The number of fused-ring (bicyclic) bond motifs is 1. The van der Waals surface area contributed by atoms with Gasteiger partial charge < -0.3 is 9.64 Å². The number of rotatable bonds is 2. The Morgan fingerprint density at radius 2 is 2.09 bits per heavy atom. The van der Waals surface area contributed by atoms with Gasteiger partial charge in [-0.1, -0.05) is 13.8 Å². The van der Waals surface area contributed by atoms with Crippen LogP contribution in [0, 0.1) is 22.7 Å². The summed E-state index contributed by atoms with van der Waals surface area (Å²) in [4.78, 5) is 5.46. The van der Waals surface area contributed by atoms with Gasteiger partial charge in [0.1, 0.15) is 17.6 Å². The minimum Gasteiger partial charge on any atom is -0.377 e. The second-order valence-electron chi connectivity index (χ2n) is 6.80. The van der Waals surface area contributed by atoms with Crippen molar-refractivity contribution in [2.24, 2.45) is 11.3 Å². The first-order valence-electron chi connectivity index (χ1n) is 7.50. The summed E-state index contributed by atoms with van der Waals surface area (Å²) in [6.07, 6.45) is -3.53. The van der Waals surface area contributed by atoms with Crippen molar-refractivity contribution in [3.05, 3.63) is 23.4 Å². The molecule has 0 unspecified atom stereocenters. The second-order valence-corrected chi connectivity index (χ2v) is 6.80. The average molecular weight is 325 g/mol. The summed E-state index contributed by atoms with van der Waals surface area (Å²) in [7, 11) is 1.71. The van der Waals surface area contributed by atoms with E-state index in [1.807, 2.05) is 19.9 Å². The maximum Gasteiger partial charge on any atom is 0.433 e. The predicted molar refractivity (Wildman–Crippen MR) is 77.8 cm³/mol. The van der Waals surface area contributed by atoms with Crippen molar-refractivity contribution in [3.8, 4) is 6.07 Å². The Hall–Kier alpha value is -1.81. The Balaban J connectivity index is 1.99. The van der Waals surface area contributed by atoms with Crippen LogP contribution in [0.2, 0.25) is 0 Å². The van der Waals surface area contributed by atoms with Gasteiger partial charge in [-0.25, -0.2) is 4.98 Å². The van der Waals surface area contributed by atoms with Crippen molar-refractivity contribution >= 4 is 5.82 Å². The highest BCUT2D eigenvalue weighted by Crippen LogP contribution is 2.55. The predicted octanol–water partition coefficient (Wildman–Crippen LogP) is 3.22. The van der Waals surface area contributed by atoms with Crippen molar-refractivity contribution < 1.29 is 17.9 Å². The molecular weight excluding hydrogens is 307 g/mol. The summed E-state index contributed by atoms with van der Waals surface area (Å²) in [5.74, 6) is 0.351. The number of hydrogen-bond donors (Lipinski definition) is 0. The van der Waals surface area contributed by atoms with Crippen molar-refractivity contribution in [3.63, 3.8) is 0 Å². The molecule has 4 nitrogen and oxygen atoms in total. The minimum atomic E-state index is -4.53. The quantitative estimate of drug-likeness (QED) is 0.838. The Kier molecular flexibility index (Phi) is 3.56. The maximum atomic E-state index is 12.9. The van der Waals surface area contributed by atoms with Gasteiger partial charge in [-0.2, -0.15) is 18.4 Å². The third-order valence-electron chi connectivity index (χ3n) is 5.08. The van der Waals surface area contributed by atoms with Crippen LogP contribution in [-0.2, 0) is 10.9 Å². The van der Waals surface area contributed by atoms with Gasteiger partial charge in [0.25, 0.3) is 0 Å². The lowest BCUT2D eigenvalue weighted by Crippen LogP contribution is -2.66. The van der Waals surface area contributed by atoms with Gasteiger partial charge in [-0.05, 0) is 18.6 Å². The van der Waals surface area contributed by atoms with Gasteiger partial charge in [-0.3, -0.25) is 0 Å². The van der Waals surface area contributed by atoms with Gasteiger partial charge in [0.2, 0.25) is 0 Å². The van der Waals surface area contributed by atoms with Gasteiger partial charge in [0, 0.05) is 31.0 Å². The summed E-state index contributed by atoms with van der Waals surface area (Å²) in [5, 5.41) is 9.23. The summed E-state index contributed by atoms with van der Waals surface area (Å²) in [5.41, 5.74) is -1.02. The molecule has 1 saturated heterocycles. The summed E-state index contributed by atoms with van der Waals surface area (Å²) in [6, 6.07) is 3.98. The van der Waals surface area contributed by atoms with E-state index in [2.05, 4.69) is 4.98 Å². The standard InChI is InChI=1S/C16H18F3N3O/c1-15(2)12(10-6-7-23-13(10)15)22(3)14-9(8-20)4-5-11(21-14)16(17,18)19/h4-5,10,12-13H,6-7H2,1-3H3/t10-,12+,13+/m0/s1. The molecule has 124 valence electrons. The Morgan fingerprint density at radius 3 is 2.70 bits per heavy atom. The number of alkyl halides is 3. The number of anilines is 1. The van der Waals surface area contributed by atoms with E-state index in [4.69, 9.17) is 4.74 Å². The summed E-state index contributed by atoms with van der Waals surface area (Å²) in [6.45, 7) is 4.75. The maximum absolute atomic E-state index is 12.9. The molecule has 2 heterocycles. The number of ether oxygens (including phenoxy) is 1. The van der Waals surface area contributed by atoms with Crippen LogP contribution in [0.3, 0.4) is 0 Å². The van der Waals surface area contributed by atoms with Crippen LogP contribution >= 0.6 is 0 Å². The molecule has 23 heavy (non-hydrogen) atoms. The lowest BCUT2D eigenvalue weighted by Gasteiger charge is -2.58. The first-order chi connectivity index (χ1) is 10.7. The third-order valence-corrected chi connectivity index (χ3v) is 5.08. The largest absolute Gasteiger partial charge is 0.433 e. The van der Waals surface area contributed by atoms with Crippen molar-refractivity contribution in [2.45, 2.75) is 38.6 Å². The van der Waals surface area contributed by atoms with E-state index in [1.54, 1.807) is 11.9 Å². The molecule has 0 spiro atoms. The number of halogens is 3. The topological polar surface area (TPSA) is 49.2 Å². The lowest BCUT2D eigenvalue weighted by molar-refractivity contribution is -0.141. The molecule has 3 rings (SSSR count). The Labute approximate surface area is 132 Å². The highest BCUT2D eigenvalue weighted by Gasteiger charge is 2.61. The zero-order valence-corrected chi connectivity index (χ0v) is 13.2. The van der Waals surface area contributed by atoms with Crippen LogP contribution in [0.5, 0.6) is 0 Å². The first kappa shape index (κ1) is 16.1. The van der Waals surface area contributed by atoms with Gasteiger partial charge in [-0.15, -0.1) is 0 Å². The molecule has 1 aromatic rings. The number of aromatic nitrogens is 1. The van der Waals surface area contributed by atoms with E-state index in [1.165, 1.54) is 6.07 Å². The van der Waals surface area contributed by atoms with Gasteiger partial charge in [0.15, 0.2) is 0 Å². The highest BCUT2D eigenvalue weighted by atomic mass is 19.4. The second kappa shape index (κ2) is 5.10. The zero-order chi connectivity index (χ0) is 17.0. The first-order valence-corrected chi connectivity index (χ1v) is 7.50. The van der Waals surface area contributed by atoms with E-state index < -0.39 is 11.9 Å². The Bertz CT molecular complexity index is 666. The molecular formula is C16H18F3N3O. The average Bonchev–Trinajstić information content (AvgIpc) is 2.91. The van der Waals surface area contributed by atoms with E-state index >= 15 is 0 Å². The molecule has 1 saturated carbocycles. The van der Waals surface area contributed by atoms with Crippen LogP contribution in [-0.4, -0.2) is 30.8 Å². The third kappa shape index (κ3) is 2.36. The van der Waals surface area contributed by atoms with Crippen molar-refractivity contribution in [1.29, 1.82) is 5.26 Å². The molecule has 0 N–H and O–H groups in total. The molecule has 2 fully saturated rings. The fourth-order valence-corrected chi connectivity index (χ4v) is 4.18. The van der Waals surface area contributed by atoms with Crippen molar-refractivity contribution in [1.82, 2.24) is 4.98 Å². The number of pyridine rings is 1. The number of nitriles is 1. The van der Waals surface area contributed by atoms with E-state index in [0.717, 1.165) is 12.5 Å². The summed E-state index contributed by atoms with van der Waals surface area (Å²) < 4.78 is 44.6. The Morgan fingerprint density at radius 1 is 1.39 bits per heavy atom. The van der Waals surface area contributed by atoms with Crippen LogP contribution in [0.25, 0.3) is 0 Å².